The molecule has 25 heavy (non-hydrogen) atoms. The molecule has 1 aromatic carbocycles. The van der Waals surface area contributed by atoms with Gasteiger partial charge in [-0.25, -0.2) is 4.79 Å². The van der Waals surface area contributed by atoms with E-state index in [1.165, 1.54) is 49.7 Å². The molecule has 136 valence electrons. The lowest BCUT2D eigenvalue weighted by Crippen LogP contribution is -2.58. The van der Waals surface area contributed by atoms with E-state index in [1.807, 2.05) is 25.7 Å². The lowest BCUT2D eigenvalue weighted by Gasteiger charge is -2.48. The zero-order valence-electron chi connectivity index (χ0n) is 15.9. The fourth-order valence-corrected chi connectivity index (χ4v) is 4.68. The van der Waals surface area contributed by atoms with Crippen molar-refractivity contribution in [3.05, 3.63) is 35.4 Å². The van der Waals surface area contributed by atoms with Gasteiger partial charge in [0.15, 0.2) is 0 Å². The molecule has 1 amide bonds. The standard InChI is InChI=1S/C22H31NO2/c1-21(2,3)25-20(24)23-14-22(15-23)11-10-17(13-22)12-16-4-6-18(7-5-16)19-8-9-19/h4-7,17,19H,8-15H2,1-3H3/t17-/m1/s1. The Morgan fingerprint density at radius 3 is 2.44 bits per heavy atom. The highest BCUT2D eigenvalue weighted by molar-refractivity contribution is 5.69. The van der Waals surface area contributed by atoms with Crippen LogP contribution >= 0.6 is 0 Å². The minimum atomic E-state index is -0.398. The van der Waals surface area contributed by atoms with Gasteiger partial charge in [0.2, 0.25) is 0 Å². The molecular formula is C22H31NO2. The first-order chi connectivity index (χ1) is 11.8. The molecule has 0 radical (unpaired) electrons. The smallest absolute Gasteiger partial charge is 0.410 e. The zero-order chi connectivity index (χ0) is 17.7. The molecule has 1 atom stereocenters. The molecule has 3 fully saturated rings. The Kier molecular flexibility index (Phi) is 4.09. The van der Waals surface area contributed by atoms with E-state index in [-0.39, 0.29) is 6.09 Å². The summed E-state index contributed by atoms with van der Waals surface area (Å²) in [7, 11) is 0. The molecule has 0 bridgehead atoms. The molecule has 1 spiro atoms. The Morgan fingerprint density at radius 2 is 1.84 bits per heavy atom. The average molecular weight is 341 g/mol. The maximum atomic E-state index is 12.1. The summed E-state index contributed by atoms with van der Waals surface area (Å²) in [5, 5.41) is 0. The van der Waals surface area contributed by atoms with Crippen molar-refractivity contribution in [3.8, 4) is 0 Å². The van der Waals surface area contributed by atoms with Crippen molar-refractivity contribution >= 4 is 6.09 Å². The summed E-state index contributed by atoms with van der Waals surface area (Å²) in [6.45, 7) is 7.57. The largest absolute Gasteiger partial charge is 0.444 e. The quantitative estimate of drug-likeness (QED) is 0.761. The Labute approximate surface area is 151 Å². The Bertz CT molecular complexity index is 633. The maximum Gasteiger partial charge on any atom is 0.410 e. The van der Waals surface area contributed by atoms with Gasteiger partial charge in [0.1, 0.15) is 5.60 Å². The summed E-state index contributed by atoms with van der Waals surface area (Å²) in [5.74, 6) is 1.62. The lowest BCUT2D eigenvalue weighted by atomic mass is 9.77. The van der Waals surface area contributed by atoms with Crippen molar-refractivity contribution in [2.24, 2.45) is 11.3 Å². The number of carbonyl (C=O) groups excluding carboxylic acids is 1. The van der Waals surface area contributed by atoms with Gasteiger partial charge in [-0.1, -0.05) is 24.3 Å². The van der Waals surface area contributed by atoms with Crippen LogP contribution in [0.1, 0.15) is 69.9 Å². The Hall–Kier alpha value is -1.51. The summed E-state index contributed by atoms with van der Waals surface area (Å²) in [6.07, 6.45) is 7.62. The van der Waals surface area contributed by atoms with Crippen molar-refractivity contribution < 1.29 is 9.53 Å². The van der Waals surface area contributed by atoms with Crippen LogP contribution in [0.15, 0.2) is 24.3 Å². The molecule has 0 N–H and O–H groups in total. The fourth-order valence-electron chi connectivity index (χ4n) is 4.68. The summed E-state index contributed by atoms with van der Waals surface area (Å²) >= 11 is 0. The number of likely N-dealkylation sites (tertiary alicyclic amines) is 1. The normalized spacial score (nSPS) is 25.1. The van der Waals surface area contributed by atoms with Crippen LogP contribution in [0.3, 0.4) is 0 Å². The van der Waals surface area contributed by atoms with Gasteiger partial charge < -0.3 is 9.64 Å². The highest BCUT2D eigenvalue weighted by atomic mass is 16.6. The second-order valence-electron chi connectivity index (χ2n) is 9.67. The van der Waals surface area contributed by atoms with Crippen LogP contribution in [-0.2, 0) is 11.2 Å². The Balaban J connectivity index is 1.27. The molecule has 3 aliphatic rings. The van der Waals surface area contributed by atoms with E-state index < -0.39 is 5.60 Å². The van der Waals surface area contributed by atoms with E-state index >= 15 is 0 Å². The number of hydrogen-bond acceptors (Lipinski definition) is 2. The second kappa shape index (κ2) is 6.03. The second-order valence-corrected chi connectivity index (χ2v) is 9.67. The van der Waals surface area contributed by atoms with E-state index in [4.69, 9.17) is 4.74 Å². The van der Waals surface area contributed by atoms with Gasteiger partial charge in [0.25, 0.3) is 0 Å². The molecule has 3 nitrogen and oxygen atoms in total. The van der Waals surface area contributed by atoms with Crippen LogP contribution in [0.4, 0.5) is 4.79 Å². The first-order valence-corrected chi connectivity index (χ1v) is 9.89. The van der Waals surface area contributed by atoms with Crippen LogP contribution in [0.25, 0.3) is 0 Å². The number of hydrogen-bond donors (Lipinski definition) is 0. The van der Waals surface area contributed by atoms with Crippen LogP contribution in [0.5, 0.6) is 0 Å². The van der Waals surface area contributed by atoms with Gasteiger partial charge in [-0.15, -0.1) is 0 Å². The average Bonchev–Trinajstić information content (AvgIpc) is 3.25. The molecule has 4 rings (SSSR count). The fraction of sp³-hybridized carbons (Fsp3) is 0.682. The van der Waals surface area contributed by atoms with Crippen molar-refractivity contribution in [2.75, 3.05) is 13.1 Å². The molecule has 0 unspecified atom stereocenters. The maximum absolute atomic E-state index is 12.1. The molecular weight excluding hydrogens is 310 g/mol. The molecule has 3 heteroatoms. The SMILES string of the molecule is CC(C)(C)OC(=O)N1CC2(CC[C@H](Cc3ccc(C4CC4)cc3)C2)C1. The molecule has 1 heterocycles. The summed E-state index contributed by atoms with van der Waals surface area (Å²) in [4.78, 5) is 14.0. The van der Waals surface area contributed by atoms with E-state index in [9.17, 15) is 4.79 Å². The number of amides is 1. The first-order valence-electron chi connectivity index (χ1n) is 9.89. The highest BCUT2D eigenvalue weighted by Crippen LogP contribution is 2.49. The van der Waals surface area contributed by atoms with Crippen LogP contribution in [-0.4, -0.2) is 29.7 Å². The zero-order valence-corrected chi connectivity index (χ0v) is 15.9. The predicted molar refractivity (Wildman–Crippen MR) is 99.7 cm³/mol. The monoisotopic (exact) mass is 341 g/mol. The minimum absolute atomic E-state index is 0.141. The highest BCUT2D eigenvalue weighted by Gasteiger charge is 2.50. The third-order valence-electron chi connectivity index (χ3n) is 6.06. The first kappa shape index (κ1) is 16.9. The van der Waals surface area contributed by atoms with Gasteiger partial charge in [0.05, 0.1) is 0 Å². The molecule has 0 aromatic heterocycles. The van der Waals surface area contributed by atoms with E-state index in [1.54, 1.807) is 0 Å². The topological polar surface area (TPSA) is 29.5 Å². The molecule has 1 aliphatic heterocycles. The minimum Gasteiger partial charge on any atom is -0.444 e. The summed E-state index contributed by atoms with van der Waals surface area (Å²) in [5.41, 5.74) is 2.98. The van der Waals surface area contributed by atoms with Gasteiger partial charge in [-0.3, -0.25) is 0 Å². The van der Waals surface area contributed by atoms with Gasteiger partial charge in [0, 0.05) is 18.5 Å². The third-order valence-corrected chi connectivity index (χ3v) is 6.06. The van der Waals surface area contributed by atoms with E-state index in [0.29, 0.717) is 5.41 Å². The van der Waals surface area contributed by atoms with Crippen molar-refractivity contribution in [1.29, 1.82) is 0 Å². The van der Waals surface area contributed by atoms with Crippen molar-refractivity contribution in [2.45, 2.75) is 70.8 Å². The van der Waals surface area contributed by atoms with Gasteiger partial charge in [-0.05, 0) is 82.3 Å². The molecule has 2 aliphatic carbocycles. The van der Waals surface area contributed by atoms with Crippen molar-refractivity contribution in [1.82, 2.24) is 4.90 Å². The van der Waals surface area contributed by atoms with Crippen LogP contribution < -0.4 is 0 Å². The number of rotatable bonds is 3. The molecule has 2 saturated carbocycles. The van der Waals surface area contributed by atoms with Crippen LogP contribution in [0.2, 0.25) is 0 Å². The van der Waals surface area contributed by atoms with Gasteiger partial charge in [-0.2, -0.15) is 0 Å². The number of nitrogens with zero attached hydrogens (tertiary/aromatic N) is 1. The Morgan fingerprint density at radius 1 is 1.16 bits per heavy atom. The number of ether oxygens (including phenoxy) is 1. The van der Waals surface area contributed by atoms with E-state index in [2.05, 4.69) is 24.3 Å². The lowest BCUT2D eigenvalue weighted by molar-refractivity contribution is -0.0332. The summed E-state index contributed by atoms with van der Waals surface area (Å²) < 4.78 is 5.49. The predicted octanol–water partition coefficient (Wildman–Crippen LogP) is 5.14. The third kappa shape index (κ3) is 3.86. The molecule has 1 saturated heterocycles. The number of benzene rings is 1. The number of carbonyl (C=O) groups is 1. The van der Waals surface area contributed by atoms with Gasteiger partial charge >= 0.3 is 6.09 Å². The van der Waals surface area contributed by atoms with Crippen LogP contribution in [0, 0.1) is 11.3 Å². The van der Waals surface area contributed by atoms with E-state index in [0.717, 1.165) is 24.9 Å². The summed E-state index contributed by atoms with van der Waals surface area (Å²) in [6, 6.07) is 9.36. The van der Waals surface area contributed by atoms with Crippen molar-refractivity contribution in [3.63, 3.8) is 0 Å². The molecule has 1 aromatic rings.